The minimum absolute atomic E-state index is 0. The second kappa shape index (κ2) is 8.85. The summed E-state index contributed by atoms with van der Waals surface area (Å²) < 4.78 is 0.649. The molecule has 0 saturated carbocycles. The van der Waals surface area contributed by atoms with Gasteiger partial charge in [-0.2, -0.15) is 0 Å². The molecule has 1 aromatic rings. The predicted molar refractivity (Wildman–Crippen MR) is 74.3 cm³/mol. The molecular formula is C11H18N2S2. The quantitative estimate of drug-likeness (QED) is 0.524. The summed E-state index contributed by atoms with van der Waals surface area (Å²) in [6, 6.07) is 9.72. The van der Waals surface area contributed by atoms with Crippen LogP contribution in [0, 0.1) is 0 Å². The highest BCUT2D eigenvalue weighted by molar-refractivity contribution is 8.11. The van der Waals surface area contributed by atoms with E-state index in [1.165, 1.54) is 25.9 Å². The second-order valence-corrected chi connectivity index (χ2v) is 4.29. The van der Waals surface area contributed by atoms with Crippen LogP contribution in [0.3, 0.4) is 0 Å². The van der Waals surface area contributed by atoms with Crippen molar-refractivity contribution in [3.8, 4) is 0 Å². The van der Waals surface area contributed by atoms with E-state index in [9.17, 15) is 0 Å². The SMILES string of the molecule is C1CCNC1.N.S=C(S)c1ccccc1. The van der Waals surface area contributed by atoms with Gasteiger partial charge < -0.3 is 11.5 Å². The van der Waals surface area contributed by atoms with Gasteiger partial charge in [-0.1, -0.05) is 42.5 Å². The van der Waals surface area contributed by atoms with Crippen molar-refractivity contribution in [2.75, 3.05) is 13.1 Å². The summed E-state index contributed by atoms with van der Waals surface area (Å²) in [5, 5.41) is 3.22. The van der Waals surface area contributed by atoms with Gasteiger partial charge in [0.1, 0.15) is 0 Å². The van der Waals surface area contributed by atoms with Crippen LogP contribution in [-0.4, -0.2) is 17.3 Å². The van der Waals surface area contributed by atoms with Gasteiger partial charge in [-0.25, -0.2) is 0 Å². The largest absolute Gasteiger partial charge is 0.344 e. The Labute approximate surface area is 102 Å². The number of thiol groups is 1. The molecule has 0 radical (unpaired) electrons. The fourth-order valence-electron chi connectivity index (χ4n) is 1.21. The van der Waals surface area contributed by atoms with Crippen molar-refractivity contribution in [2.45, 2.75) is 12.8 Å². The molecule has 0 atom stereocenters. The first-order valence-electron chi connectivity index (χ1n) is 4.80. The van der Waals surface area contributed by atoms with E-state index >= 15 is 0 Å². The van der Waals surface area contributed by atoms with Gasteiger partial charge in [0.05, 0.1) is 4.20 Å². The summed E-state index contributed by atoms with van der Waals surface area (Å²) in [6.45, 7) is 2.50. The van der Waals surface area contributed by atoms with Gasteiger partial charge in [0.2, 0.25) is 0 Å². The molecule has 1 aromatic carbocycles. The highest BCUT2D eigenvalue weighted by atomic mass is 32.1. The van der Waals surface area contributed by atoms with Crippen molar-refractivity contribution >= 4 is 29.0 Å². The van der Waals surface area contributed by atoms with E-state index in [4.69, 9.17) is 12.2 Å². The Morgan fingerprint density at radius 1 is 1.13 bits per heavy atom. The highest BCUT2D eigenvalue weighted by Crippen LogP contribution is 2.02. The molecule has 0 spiro atoms. The van der Waals surface area contributed by atoms with Crippen LogP contribution >= 0.6 is 24.8 Å². The van der Waals surface area contributed by atoms with Crippen molar-refractivity contribution in [1.82, 2.24) is 11.5 Å². The van der Waals surface area contributed by atoms with Crippen molar-refractivity contribution in [3.05, 3.63) is 35.9 Å². The molecule has 1 aliphatic heterocycles. The molecule has 15 heavy (non-hydrogen) atoms. The number of benzene rings is 1. The van der Waals surface area contributed by atoms with Gasteiger partial charge in [-0.05, 0) is 31.5 Å². The summed E-state index contributed by atoms with van der Waals surface area (Å²) in [6.07, 6.45) is 2.78. The first-order valence-corrected chi connectivity index (χ1v) is 5.65. The standard InChI is InChI=1S/C7H6S2.C4H9N.H3N/c8-7(9)6-4-2-1-3-5-6;1-2-4-5-3-1;/h1-5H,(H,8,9);5H,1-4H2;1H3. The van der Waals surface area contributed by atoms with Crippen molar-refractivity contribution in [1.29, 1.82) is 0 Å². The molecule has 0 unspecified atom stereocenters. The number of nitrogens with one attached hydrogen (secondary N) is 1. The Hall–Kier alpha value is -0.420. The maximum absolute atomic E-state index is 4.83. The normalized spacial score (nSPS) is 13.4. The fourth-order valence-corrected chi connectivity index (χ4v) is 1.49. The number of rotatable bonds is 1. The molecule has 0 bridgehead atoms. The molecule has 2 nitrogen and oxygen atoms in total. The minimum Gasteiger partial charge on any atom is -0.344 e. The van der Waals surface area contributed by atoms with Crippen LogP contribution in [0.15, 0.2) is 30.3 Å². The van der Waals surface area contributed by atoms with Gasteiger partial charge in [0.25, 0.3) is 0 Å². The lowest BCUT2D eigenvalue weighted by Crippen LogP contribution is -2.03. The van der Waals surface area contributed by atoms with Crippen LogP contribution in [0.5, 0.6) is 0 Å². The van der Waals surface area contributed by atoms with Crippen LogP contribution < -0.4 is 11.5 Å². The average molecular weight is 242 g/mol. The summed E-state index contributed by atoms with van der Waals surface area (Å²) in [5.74, 6) is 0. The molecule has 4 heteroatoms. The number of thiocarbonyl (C=S) groups is 1. The lowest BCUT2D eigenvalue weighted by Gasteiger charge is -1.91. The van der Waals surface area contributed by atoms with Gasteiger partial charge in [0, 0.05) is 0 Å². The molecule has 84 valence electrons. The zero-order valence-corrected chi connectivity index (χ0v) is 10.5. The third kappa shape index (κ3) is 6.62. The summed E-state index contributed by atoms with van der Waals surface area (Å²) in [7, 11) is 0. The Morgan fingerprint density at radius 2 is 1.67 bits per heavy atom. The first kappa shape index (κ1) is 14.6. The number of hydrogen-bond donors (Lipinski definition) is 3. The van der Waals surface area contributed by atoms with E-state index < -0.39 is 0 Å². The van der Waals surface area contributed by atoms with Gasteiger partial charge in [-0.15, -0.1) is 12.6 Å². The molecule has 1 fully saturated rings. The second-order valence-electron chi connectivity index (χ2n) is 3.13. The molecule has 2 rings (SSSR count). The highest BCUT2D eigenvalue weighted by Gasteiger charge is 1.93. The van der Waals surface area contributed by atoms with Crippen LogP contribution in [0.2, 0.25) is 0 Å². The Kier molecular flexibility index (Phi) is 8.61. The Balaban J connectivity index is 0.000000280. The molecule has 4 N–H and O–H groups in total. The number of hydrogen-bond acceptors (Lipinski definition) is 3. The first-order chi connectivity index (χ1) is 6.80. The summed E-state index contributed by atoms with van der Waals surface area (Å²) >= 11 is 8.85. The van der Waals surface area contributed by atoms with Gasteiger partial charge in [-0.3, -0.25) is 0 Å². The van der Waals surface area contributed by atoms with Crippen LogP contribution in [0.1, 0.15) is 18.4 Å². The lowest BCUT2D eigenvalue weighted by atomic mass is 10.2. The Bertz CT molecular complexity index is 264. The monoisotopic (exact) mass is 242 g/mol. The molecule has 0 aromatic heterocycles. The molecule has 0 amide bonds. The van der Waals surface area contributed by atoms with E-state index in [0.717, 1.165) is 5.56 Å². The van der Waals surface area contributed by atoms with Crippen LogP contribution in [0.25, 0.3) is 0 Å². The molecule has 1 heterocycles. The van der Waals surface area contributed by atoms with Gasteiger partial charge >= 0.3 is 0 Å². The third-order valence-electron chi connectivity index (χ3n) is 1.98. The van der Waals surface area contributed by atoms with Crippen LogP contribution in [0.4, 0.5) is 0 Å². The predicted octanol–water partition coefficient (Wildman–Crippen LogP) is 2.82. The van der Waals surface area contributed by atoms with E-state index in [2.05, 4.69) is 17.9 Å². The van der Waals surface area contributed by atoms with E-state index in [1.807, 2.05) is 30.3 Å². The van der Waals surface area contributed by atoms with E-state index in [0.29, 0.717) is 4.20 Å². The summed E-state index contributed by atoms with van der Waals surface area (Å²) in [4.78, 5) is 0. The van der Waals surface area contributed by atoms with Gasteiger partial charge in [0.15, 0.2) is 0 Å². The van der Waals surface area contributed by atoms with Crippen molar-refractivity contribution in [3.63, 3.8) is 0 Å². The molecule has 1 aliphatic rings. The third-order valence-corrected chi connectivity index (χ3v) is 2.47. The van der Waals surface area contributed by atoms with Crippen LogP contribution in [-0.2, 0) is 0 Å². The smallest absolute Gasteiger partial charge is 0.0747 e. The zero-order valence-electron chi connectivity index (χ0n) is 8.78. The van der Waals surface area contributed by atoms with Crippen molar-refractivity contribution in [2.24, 2.45) is 0 Å². The minimum atomic E-state index is 0. The molecule has 1 saturated heterocycles. The van der Waals surface area contributed by atoms with E-state index in [1.54, 1.807) is 0 Å². The fraction of sp³-hybridized carbons (Fsp3) is 0.364. The Morgan fingerprint density at radius 3 is 1.93 bits per heavy atom. The van der Waals surface area contributed by atoms with Crippen molar-refractivity contribution < 1.29 is 0 Å². The zero-order chi connectivity index (χ0) is 10.2. The maximum Gasteiger partial charge on any atom is 0.0747 e. The maximum atomic E-state index is 4.83. The average Bonchev–Trinajstić information content (AvgIpc) is 2.77. The van der Waals surface area contributed by atoms with E-state index in [-0.39, 0.29) is 6.15 Å². The molecular weight excluding hydrogens is 224 g/mol. The topological polar surface area (TPSA) is 47.0 Å². The summed E-state index contributed by atoms with van der Waals surface area (Å²) in [5.41, 5.74) is 1.01. The molecule has 0 aliphatic carbocycles. The lowest BCUT2D eigenvalue weighted by molar-refractivity contribution is 0.857.